The lowest BCUT2D eigenvalue weighted by Gasteiger charge is -2.12. The van der Waals surface area contributed by atoms with Gasteiger partial charge in [-0.1, -0.05) is 29.8 Å². The van der Waals surface area contributed by atoms with Crippen molar-refractivity contribution in [2.75, 3.05) is 21.3 Å². The summed E-state index contributed by atoms with van der Waals surface area (Å²) in [5.74, 6) is -0.153. The van der Waals surface area contributed by atoms with Crippen LogP contribution in [0, 0.1) is 6.92 Å². The zero-order valence-corrected chi connectivity index (χ0v) is 22.8. The smallest absolute Gasteiger partial charge is 0.354 e. The summed E-state index contributed by atoms with van der Waals surface area (Å²) in [5.41, 5.74) is 5.26. The third-order valence-corrected chi connectivity index (χ3v) is 7.08. The lowest BCUT2D eigenvalue weighted by atomic mass is 9.98. The molecule has 0 aliphatic carbocycles. The van der Waals surface area contributed by atoms with Crippen molar-refractivity contribution in [3.05, 3.63) is 69.6 Å². The van der Waals surface area contributed by atoms with Crippen molar-refractivity contribution in [1.29, 1.82) is 0 Å². The molecule has 200 valence electrons. The quantitative estimate of drug-likeness (QED) is 0.313. The Morgan fingerprint density at radius 2 is 1.74 bits per heavy atom. The van der Waals surface area contributed by atoms with E-state index in [-0.39, 0.29) is 25.4 Å². The number of carbonyl (C=O) groups excluding carboxylic acids is 2. The van der Waals surface area contributed by atoms with E-state index >= 15 is 0 Å². The van der Waals surface area contributed by atoms with Crippen LogP contribution in [-0.2, 0) is 40.9 Å². The van der Waals surface area contributed by atoms with Gasteiger partial charge in [0.2, 0.25) is 0 Å². The normalized spacial score (nSPS) is 11.1. The Morgan fingerprint density at radius 3 is 2.34 bits per heavy atom. The molecule has 0 aliphatic rings. The standard InChI is InChI=1S/C28H30ClN3O6/c1-16-24(22(15-33)30-32(16)14-17-6-8-18(36-3)9-7-17)25-21(29)12-10-19-20(11-13-23(34)37-4)27(28(35)38-5)31(2)26(19)25/h6-10,12,33H,11,13-15H2,1-5H3. The fourth-order valence-corrected chi connectivity index (χ4v) is 5.13. The summed E-state index contributed by atoms with van der Waals surface area (Å²) in [5, 5.41) is 16.2. The molecule has 0 amide bonds. The van der Waals surface area contributed by atoms with E-state index in [1.165, 1.54) is 14.2 Å². The molecule has 4 rings (SSSR count). The summed E-state index contributed by atoms with van der Waals surface area (Å²) in [6.07, 6.45) is 0.371. The summed E-state index contributed by atoms with van der Waals surface area (Å²) in [7, 11) is 6.02. The van der Waals surface area contributed by atoms with Gasteiger partial charge in [-0.3, -0.25) is 9.48 Å². The molecule has 4 aromatic rings. The van der Waals surface area contributed by atoms with Crippen LogP contribution in [0.3, 0.4) is 0 Å². The van der Waals surface area contributed by atoms with Crippen molar-refractivity contribution in [2.24, 2.45) is 7.05 Å². The van der Waals surface area contributed by atoms with Crippen LogP contribution in [0.25, 0.3) is 22.0 Å². The largest absolute Gasteiger partial charge is 0.497 e. The second-order valence-corrected chi connectivity index (χ2v) is 9.25. The van der Waals surface area contributed by atoms with Gasteiger partial charge in [0.15, 0.2) is 0 Å². The molecule has 1 N–H and O–H groups in total. The molecule has 0 spiro atoms. The predicted octanol–water partition coefficient (Wildman–Crippen LogP) is 4.45. The number of hydrogen-bond donors (Lipinski definition) is 1. The second kappa shape index (κ2) is 11.3. The van der Waals surface area contributed by atoms with Crippen molar-refractivity contribution in [3.8, 4) is 16.9 Å². The van der Waals surface area contributed by atoms with Crippen LogP contribution >= 0.6 is 11.6 Å². The monoisotopic (exact) mass is 539 g/mol. The lowest BCUT2D eigenvalue weighted by molar-refractivity contribution is -0.140. The molecule has 0 radical (unpaired) electrons. The van der Waals surface area contributed by atoms with Gasteiger partial charge in [0, 0.05) is 35.7 Å². The first-order chi connectivity index (χ1) is 18.2. The first-order valence-electron chi connectivity index (χ1n) is 12.0. The van der Waals surface area contributed by atoms with Gasteiger partial charge in [-0.15, -0.1) is 0 Å². The highest BCUT2D eigenvalue weighted by Crippen LogP contribution is 2.42. The van der Waals surface area contributed by atoms with E-state index in [9.17, 15) is 14.7 Å². The van der Waals surface area contributed by atoms with E-state index < -0.39 is 5.97 Å². The molecule has 9 nitrogen and oxygen atoms in total. The highest BCUT2D eigenvalue weighted by Gasteiger charge is 2.28. The number of nitrogens with zero attached hydrogens (tertiary/aromatic N) is 3. The molecule has 0 aliphatic heterocycles. The van der Waals surface area contributed by atoms with Gasteiger partial charge in [0.1, 0.15) is 11.4 Å². The number of fused-ring (bicyclic) bond motifs is 1. The molecule has 0 saturated heterocycles. The average Bonchev–Trinajstić information content (AvgIpc) is 3.39. The molecule has 38 heavy (non-hydrogen) atoms. The van der Waals surface area contributed by atoms with Gasteiger partial charge in [0.05, 0.1) is 50.7 Å². The highest BCUT2D eigenvalue weighted by molar-refractivity contribution is 6.35. The van der Waals surface area contributed by atoms with Gasteiger partial charge < -0.3 is 23.9 Å². The first kappa shape index (κ1) is 27.2. The molecule has 2 heterocycles. The minimum Gasteiger partial charge on any atom is -0.497 e. The zero-order chi connectivity index (χ0) is 27.6. The first-order valence-corrected chi connectivity index (χ1v) is 12.4. The van der Waals surface area contributed by atoms with Crippen LogP contribution in [0.2, 0.25) is 5.02 Å². The molecule has 0 bridgehead atoms. The van der Waals surface area contributed by atoms with Crippen LogP contribution in [0.1, 0.15) is 39.4 Å². The van der Waals surface area contributed by atoms with Crippen LogP contribution < -0.4 is 4.74 Å². The number of esters is 2. The molecule has 0 atom stereocenters. The fraction of sp³-hybridized carbons (Fsp3) is 0.321. The number of halogens is 1. The molecule has 0 saturated carbocycles. The molecule has 2 aromatic carbocycles. The van der Waals surface area contributed by atoms with E-state index in [1.807, 2.05) is 41.9 Å². The predicted molar refractivity (Wildman–Crippen MR) is 144 cm³/mol. The van der Waals surface area contributed by atoms with Crippen LogP contribution in [0.5, 0.6) is 5.75 Å². The van der Waals surface area contributed by atoms with Crippen molar-refractivity contribution in [3.63, 3.8) is 0 Å². The summed E-state index contributed by atoms with van der Waals surface area (Å²) in [6, 6.07) is 11.3. The van der Waals surface area contributed by atoms with Gasteiger partial charge in [0.25, 0.3) is 0 Å². The third-order valence-electron chi connectivity index (χ3n) is 6.76. The Balaban J connectivity index is 1.92. The van der Waals surface area contributed by atoms with E-state index in [4.69, 9.17) is 25.8 Å². The number of methoxy groups -OCH3 is 3. The number of ether oxygens (including phenoxy) is 3. The number of carbonyl (C=O) groups is 2. The van der Waals surface area contributed by atoms with Crippen LogP contribution in [0.15, 0.2) is 36.4 Å². The van der Waals surface area contributed by atoms with Crippen molar-refractivity contribution in [1.82, 2.24) is 14.3 Å². The minimum atomic E-state index is -0.528. The third kappa shape index (κ3) is 4.87. The number of aliphatic hydroxyl groups is 1. The molecule has 0 unspecified atom stereocenters. The lowest BCUT2D eigenvalue weighted by Crippen LogP contribution is -2.11. The van der Waals surface area contributed by atoms with Gasteiger partial charge in [-0.05, 0) is 42.7 Å². The Labute approximate surface area is 225 Å². The average molecular weight is 540 g/mol. The summed E-state index contributed by atoms with van der Waals surface area (Å²) in [4.78, 5) is 24.8. The highest BCUT2D eigenvalue weighted by atomic mass is 35.5. The molecular formula is C28H30ClN3O6. The summed E-state index contributed by atoms with van der Waals surface area (Å²) in [6.45, 7) is 2.09. The molecule has 0 fully saturated rings. The van der Waals surface area contributed by atoms with Crippen LogP contribution in [0.4, 0.5) is 0 Å². The molecule has 2 aromatic heterocycles. The Hall–Kier alpha value is -3.82. The van der Waals surface area contributed by atoms with Crippen LogP contribution in [-0.4, -0.2) is 52.7 Å². The number of hydrogen-bond acceptors (Lipinski definition) is 7. The minimum absolute atomic E-state index is 0.0955. The maximum atomic E-state index is 12.9. The number of aromatic nitrogens is 3. The summed E-state index contributed by atoms with van der Waals surface area (Å²) >= 11 is 6.80. The van der Waals surface area contributed by atoms with E-state index in [0.717, 1.165) is 22.4 Å². The van der Waals surface area contributed by atoms with Crippen molar-refractivity contribution in [2.45, 2.75) is 32.9 Å². The van der Waals surface area contributed by atoms with E-state index in [1.54, 1.807) is 24.8 Å². The van der Waals surface area contributed by atoms with Gasteiger partial charge in [-0.25, -0.2) is 4.79 Å². The Morgan fingerprint density at radius 1 is 1.03 bits per heavy atom. The maximum Gasteiger partial charge on any atom is 0.354 e. The Kier molecular flexibility index (Phi) is 8.08. The Bertz CT molecular complexity index is 1500. The maximum absolute atomic E-state index is 12.9. The van der Waals surface area contributed by atoms with Crippen molar-refractivity contribution < 1.29 is 28.9 Å². The topological polar surface area (TPSA) is 105 Å². The number of aliphatic hydroxyl groups excluding tert-OH is 1. The number of rotatable bonds is 9. The summed E-state index contributed by atoms with van der Waals surface area (Å²) < 4.78 is 18.7. The number of benzene rings is 2. The molecule has 10 heteroatoms. The second-order valence-electron chi connectivity index (χ2n) is 8.84. The van der Waals surface area contributed by atoms with Gasteiger partial charge in [-0.2, -0.15) is 5.10 Å². The van der Waals surface area contributed by atoms with E-state index in [2.05, 4.69) is 5.10 Å². The molecular weight excluding hydrogens is 510 g/mol. The zero-order valence-electron chi connectivity index (χ0n) is 22.0. The number of aryl methyl sites for hydroxylation is 2. The van der Waals surface area contributed by atoms with Gasteiger partial charge >= 0.3 is 11.9 Å². The SMILES string of the molecule is COC(=O)CCc1c(C(=O)OC)n(C)c2c(-c3c(CO)nn(Cc4ccc(OC)cc4)c3C)c(Cl)ccc12. The van der Waals surface area contributed by atoms with E-state index in [0.29, 0.717) is 45.2 Å². The van der Waals surface area contributed by atoms with Crippen molar-refractivity contribution >= 4 is 34.4 Å². The fourth-order valence-electron chi connectivity index (χ4n) is 4.88.